The van der Waals surface area contributed by atoms with E-state index < -0.39 is 0 Å². The third kappa shape index (κ3) is 12.4. The molecule has 0 amide bonds. The molecule has 0 aromatic carbocycles. The fourth-order valence-corrected chi connectivity index (χ4v) is 3.27. The number of allylic oxidation sites excluding steroid dienone is 3. The van der Waals surface area contributed by atoms with Gasteiger partial charge in [0.25, 0.3) is 6.33 Å². The van der Waals surface area contributed by atoms with E-state index in [2.05, 4.69) is 25.7 Å². The molecule has 0 saturated carbocycles. The lowest BCUT2D eigenvalue weighted by Gasteiger charge is -1.99. The summed E-state index contributed by atoms with van der Waals surface area (Å²) in [6, 6.07) is 0. The Morgan fingerprint density at radius 1 is 0.926 bits per heavy atom. The summed E-state index contributed by atoms with van der Waals surface area (Å²) in [5, 5.41) is 0. The molecule has 0 aliphatic heterocycles. The highest BCUT2D eigenvalue weighted by Crippen LogP contribution is 2.10. The highest BCUT2D eigenvalue weighted by atomic mass is 16.2. The van der Waals surface area contributed by atoms with E-state index in [4.69, 9.17) is 0 Å². The Morgan fingerprint density at radius 3 is 2.15 bits per heavy atom. The van der Waals surface area contributed by atoms with Crippen molar-refractivity contribution in [2.45, 2.75) is 103 Å². The molecule has 0 saturated heterocycles. The van der Waals surface area contributed by atoms with Crippen LogP contribution in [-0.4, -0.2) is 10.5 Å². The molecule has 27 heavy (non-hydrogen) atoms. The van der Waals surface area contributed by atoms with Crippen LogP contribution in [0.15, 0.2) is 43.5 Å². The van der Waals surface area contributed by atoms with Crippen molar-refractivity contribution in [1.82, 2.24) is 4.57 Å². The van der Waals surface area contributed by atoms with Crippen LogP contribution in [0, 0.1) is 0 Å². The van der Waals surface area contributed by atoms with Gasteiger partial charge in [-0.25, -0.2) is 9.36 Å². The van der Waals surface area contributed by atoms with Gasteiger partial charge in [-0.2, -0.15) is 4.57 Å². The van der Waals surface area contributed by atoms with Crippen molar-refractivity contribution in [1.29, 1.82) is 0 Å². The van der Waals surface area contributed by atoms with Gasteiger partial charge in [-0.05, 0) is 32.1 Å². The average molecular weight is 374 g/mol. The monoisotopic (exact) mass is 373 g/mol. The Kier molecular flexibility index (Phi) is 14.3. The fourth-order valence-electron chi connectivity index (χ4n) is 3.27. The van der Waals surface area contributed by atoms with E-state index in [9.17, 15) is 4.79 Å². The zero-order valence-electron chi connectivity index (χ0n) is 17.6. The van der Waals surface area contributed by atoms with Gasteiger partial charge >= 0.3 is 5.91 Å². The van der Waals surface area contributed by atoms with Crippen LogP contribution in [-0.2, 0) is 6.54 Å². The zero-order valence-corrected chi connectivity index (χ0v) is 17.6. The summed E-state index contributed by atoms with van der Waals surface area (Å²) in [5.74, 6) is 0.187. The molecule has 0 fully saturated rings. The number of nitrogens with zero attached hydrogens (tertiary/aromatic N) is 2. The summed E-state index contributed by atoms with van der Waals surface area (Å²) >= 11 is 0. The minimum absolute atomic E-state index is 0.187. The Balaban J connectivity index is 1.90. The largest absolute Gasteiger partial charge is 0.313 e. The Bertz CT molecular complexity index is 530. The maximum absolute atomic E-state index is 12.1. The number of hydrogen-bond acceptors (Lipinski definition) is 1. The van der Waals surface area contributed by atoms with Gasteiger partial charge in [-0.15, -0.1) is 0 Å². The minimum atomic E-state index is 0.187. The van der Waals surface area contributed by atoms with Crippen LogP contribution in [0.25, 0.3) is 0 Å². The molecule has 0 spiro atoms. The molecule has 1 heterocycles. The second-order valence-corrected chi connectivity index (χ2v) is 7.53. The van der Waals surface area contributed by atoms with Crippen LogP contribution in [0.2, 0.25) is 0 Å². The molecule has 3 heteroatoms. The lowest BCUT2D eigenvalue weighted by Crippen LogP contribution is -2.30. The van der Waals surface area contributed by atoms with Crippen LogP contribution in [0.3, 0.4) is 0 Å². The topological polar surface area (TPSA) is 25.9 Å². The number of carbonyl (C=O) groups is 1. The highest BCUT2D eigenvalue weighted by Gasteiger charge is 2.11. The molecular weight excluding hydrogens is 332 g/mol. The summed E-state index contributed by atoms with van der Waals surface area (Å²) in [5.41, 5.74) is 0. The predicted octanol–water partition coefficient (Wildman–Crippen LogP) is 6.64. The third-order valence-corrected chi connectivity index (χ3v) is 4.97. The molecule has 1 rings (SSSR count). The van der Waals surface area contributed by atoms with Crippen molar-refractivity contribution in [3.05, 3.63) is 43.5 Å². The van der Waals surface area contributed by atoms with E-state index in [-0.39, 0.29) is 5.91 Å². The van der Waals surface area contributed by atoms with Gasteiger partial charge in [-0.1, -0.05) is 83.1 Å². The van der Waals surface area contributed by atoms with Crippen molar-refractivity contribution >= 4 is 5.91 Å². The molecule has 0 bridgehead atoms. The maximum Gasteiger partial charge on any atom is 0.313 e. The Labute approximate surface area is 167 Å². The summed E-state index contributed by atoms with van der Waals surface area (Å²) in [7, 11) is 0. The smallest absolute Gasteiger partial charge is 0.246 e. The number of imidazole rings is 1. The molecule has 0 radical (unpaired) electrons. The van der Waals surface area contributed by atoms with Crippen molar-refractivity contribution < 1.29 is 9.36 Å². The molecule has 1 aromatic heterocycles. The number of hydrogen-bond donors (Lipinski definition) is 0. The van der Waals surface area contributed by atoms with Crippen molar-refractivity contribution in [2.75, 3.05) is 0 Å². The van der Waals surface area contributed by atoms with Crippen molar-refractivity contribution in [3.63, 3.8) is 0 Å². The number of rotatable bonds is 17. The molecule has 0 atom stereocenters. The average Bonchev–Trinajstić information content (AvgIpc) is 3.14. The van der Waals surface area contributed by atoms with Crippen LogP contribution in [0.5, 0.6) is 0 Å². The van der Waals surface area contributed by atoms with Gasteiger partial charge in [0.05, 0.1) is 6.42 Å². The van der Waals surface area contributed by atoms with Crippen LogP contribution >= 0.6 is 0 Å². The number of unbranched alkanes of at least 4 members (excludes halogenated alkanes) is 11. The molecule has 0 N–H and O–H groups in total. The molecule has 0 aliphatic rings. The number of carbonyl (C=O) groups excluding carboxylic acids is 1. The first-order valence-corrected chi connectivity index (χ1v) is 11.1. The van der Waals surface area contributed by atoms with Gasteiger partial charge in [0.2, 0.25) is 0 Å². The van der Waals surface area contributed by atoms with Crippen molar-refractivity contribution in [3.8, 4) is 0 Å². The molecule has 0 aliphatic carbocycles. The van der Waals surface area contributed by atoms with Gasteiger partial charge in [0.15, 0.2) is 0 Å². The van der Waals surface area contributed by atoms with Crippen LogP contribution in [0.4, 0.5) is 0 Å². The SMILES string of the molecule is C=CC[n+]1ccn(C(=O)CCCCCC/C=C/CCCCCCCCC)c1. The van der Waals surface area contributed by atoms with Gasteiger partial charge in [0, 0.05) is 0 Å². The van der Waals surface area contributed by atoms with E-state index >= 15 is 0 Å². The molecule has 3 nitrogen and oxygen atoms in total. The maximum atomic E-state index is 12.1. The Hall–Kier alpha value is -1.64. The first kappa shape index (κ1) is 23.4. The quantitative estimate of drug-likeness (QED) is 0.171. The van der Waals surface area contributed by atoms with Crippen LogP contribution in [0.1, 0.15) is 102 Å². The second kappa shape index (κ2) is 16.5. The van der Waals surface area contributed by atoms with E-state index in [1.807, 2.05) is 29.4 Å². The summed E-state index contributed by atoms with van der Waals surface area (Å²) in [6.07, 6.45) is 29.5. The standard InChI is InChI=1S/C24H41N2O/c1-3-5-6-7-8-9-10-11-12-13-14-15-16-17-18-19-24(27)26-22-21-25(23-26)20-4-2/h4,12-13,21-23H,2-3,5-11,14-20H2,1H3/q+1/b13-12+. The molecule has 0 unspecified atom stereocenters. The van der Waals surface area contributed by atoms with Gasteiger partial charge < -0.3 is 0 Å². The molecule has 152 valence electrons. The van der Waals surface area contributed by atoms with Gasteiger partial charge in [-0.3, -0.25) is 0 Å². The van der Waals surface area contributed by atoms with Gasteiger partial charge in [0.1, 0.15) is 18.9 Å². The van der Waals surface area contributed by atoms with E-state index in [0.717, 1.165) is 19.4 Å². The predicted molar refractivity (Wildman–Crippen MR) is 115 cm³/mol. The Morgan fingerprint density at radius 2 is 1.52 bits per heavy atom. The van der Waals surface area contributed by atoms with E-state index in [1.165, 1.54) is 70.6 Å². The normalized spacial score (nSPS) is 11.3. The number of aromatic nitrogens is 2. The summed E-state index contributed by atoms with van der Waals surface area (Å²) in [6.45, 7) is 6.73. The van der Waals surface area contributed by atoms with Crippen LogP contribution < -0.4 is 4.57 Å². The minimum Gasteiger partial charge on any atom is -0.246 e. The van der Waals surface area contributed by atoms with E-state index in [1.54, 1.807) is 4.57 Å². The van der Waals surface area contributed by atoms with E-state index in [0.29, 0.717) is 6.42 Å². The molecular formula is C24H41N2O+. The van der Waals surface area contributed by atoms with Crippen molar-refractivity contribution in [2.24, 2.45) is 0 Å². The fraction of sp³-hybridized carbons (Fsp3) is 0.667. The summed E-state index contributed by atoms with van der Waals surface area (Å²) < 4.78 is 3.65. The lowest BCUT2D eigenvalue weighted by molar-refractivity contribution is -0.686. The summed E-state index contributed by atoms with van der Waals surface area (Å²) in [4.78, 5) is 12.1. The first-order chi connectivity index (χ1) is 13.3. The zero-order chi connectivity index (χ0) is 19.6. The third-order valence-electron chi connectivity index (χ3n) is 4.97. The second-order valence-electron chi connectivity index (χ2n) is 7.53. The lowest BCUT2D eigenvalue weighted by atomic mass is 10.1. The highest BCUT2D eigenvalue weighted by molar-refractivity contribution is 5.78. The first-order valence-electron chi connectivity index (χ1n) is 11.1. The molecule has 1 aromatic rings.